The normalized spacial score (nSPS) is 20.2. The van der Waals surface area contributed by atoms with Gasteiger partial charge in [-0.1, -0.05) is 12.5 Å². The zero-order valence-corrected chi connectivity index (χ0v) is 17.7. The molecular weight excluding hydrogens is 416 g/mol. The molecule has 2 saturated heterocycles. The first-order valence-corrected chi connectivity index (χ1v) is 10.8. The molecule has 0 bridgehead atoms. The van der Waals surface area contributed by atoms with Crippen LogP contribution in [0.3, 0.4) is 0 Å². The quantitative estimate of drug-likeness (QED) is 0.580. The summed E-state index contributed by atoms with van der Waals surface area (Å²) in [7, 11) is 0. The number of imidazole rings is 1. The number of amides is 1. The fourth-order valence-electron chi connectivity index (χ4n) is 4.62. The lowest BCUT2D eigenvalue weighted by Crippen LogP contribution is -2.72. The van der Waals surface area contributed by atoms with Crippen LogP contribution in [0.25, 0.3) is 5.65 Å². The number of carbonyl (C=O) groups excluding carboxylic acids is 1. The summed E-state index contributed by atoms with van der Waals surface area (Å²) in [6.45, 7) is 2.92. The zero-order valence-electron chi connectivity index (χ0n) is 17.7. The fraction of sp³-hybridized carbons (Fsp3) is 0.391. The van der Waals surface area contributed by atoms with Crippen LogP contribution in [0.1, 0.15) is 35.2 Å². The van der Waals surface area contributed by atoms with E-state index in [2.05, 4.69) is 15.6 Å². The van der Waals surface area contributed by atoms with Crippen molar-refractivity contribution < 1.29 is 18.7 Å². The van der Waals surface area contributed by atoms with Gasteiger partial charge in [0.15, 0.2) is 11.5 Å². The standard InChI is InChI=1S/C23H25F2N5O2/c1-14-5-6-17(16(24)10-14)28-20-15(11-29-9-8-27-21(29)19(20)25)22(31)30-12-23(32,13-30)18-4-2-3-7-26-18/h5-6,8-11,18,26,28,32H,2-4,7,12-13H2,1H3. The lowest BCUT2D eigenvalue weighted by atomic mass is 9.81. The second-order valence-electron chi connectivity index (χ2n) is 8.77. The molecule has 168 valence electrons. The van der Waals surface area contributed by atoms with E-state index in [1.807, 2.05) is 0 Å². The largest absolute Gasteiger partial charge is 0.385 e. The molecule has 0 spiro atoms. The molecule has 3 aromatic rings. The number of anilines is 2. The van der Waals surface area contributed by atoms with Crippen LogP contribution in [0.4, 0.5) is 20.2 Å². The molecule has 3 N–H and O–H groups in total. The van der Waals surface area contributed by atoms with Crippen molar-refractivity contribution >= 4 is 22.9 Å². The van der Waals surface area contributed by atoms with Gasteiger partial charge in [0.05, 0.1) is 30.0 Å². The van der Waals surface area contributed by atoms with E-state index in [-0.39, 0.29) is 41.7 Å². The Morgan fingerprint density at radius 2 is 2.12 bits per heavy atom. The minimum Gasteiger partial charge on any atom is -0.385 e. The van der Waals surface area contributed by atoms with Crippen LogP contribution in [0.5, 0.6) is 0 Å². The molecule has 2 aliphatic rings. The molecule has 1 atom stereocenters. The number of aryl methyl sites for hydroxylation is 1. The van der Waals surface area contributed by atoms with Gasteiger partial charge in [-0.3, -0.25) is 4.79 Å². The third-order valence-electron chi connectivity index (χ3n) is 6.41. The summed E-state index contributed by atoms with van der Waals surface area (Å²) in [5, 5.41) is 17.0. The maximum Gasteiger partial charge on any atom is 0.257 e. The molecule has 0 saturated carbocycles. The van der Waals surface area contributed by atoms with Crippen LogP contribution in [0.2, 0.25) is 0 Å². The average Bonchev–Trinajstić information content (AvgIpc) is 3.24. The van der Waals surface area contributed by atoms with Crippen LogP contribution in [-0.2, 0) is 0 Å². The first-order valence-electron chi connectivity index (χ1n) is 10.8. The third kappa shape index (κ3) is 3.51. The summed E-state index contributed by atoms with van der Waals surface area (Å²) in [5.74, 6) is -1.73. The Hall–Kier alpha value is -3.04. The molecule has 2 aromatic heterocycles. The summed E-state index contributed by atoms with van der Waals surface area (Å²) in [4.78, 5) is 18.8. The zero-order chi connectivity index (χ0) is 22.5. The molecule has 7 nitrogen and oxygen atoms in total. The molecule has 5 rings (SSSR count). The molecule has 0 radical (unpaired) electrons. The van der Waals surface area contributed by atoms with Crippen molar-refractivity contribution in [2.24, 2.45) is 0 Å². The van der Waals surface area contributed by atoms with Crippen LogP contribution in [0.15, 0.2) is 36.8 Å². The molecule has 9 heteroatoms. The van der Waals surface area contributed by atoms with Gasteiger partial charge in [-0.15, -0.1) is 0 Å². The topological polar surface area (TPSA) is 81.9 Å². The molecule has 2 fully saturated rings. The summed E-state index contributed by atoms with van der Waals surface area (Å²) >= 11 is 0. The molecular formula is C23H25F2N5O2. The van der Waals surface area contributed by atoms with Gasteiger partial charge < -0.3 is 25.0 Å². The van der Waals surface area contributed by atoms with E-state index in [0.717, 1.165) is 31.4 Å². The van der Waals surface area contributed by atoms with E-state index >= 15 is 4.39 Å². The summed E-state index contributed by atoms with van der Waals surface area (Å²) in [6.07, 6.45) is 7.42. The van der Waals surface area contributed by atoms with Crippen LogP contribution >= 0.6 is 0 Å². The number of fused-ring (bicyclic) bond motifs is 1. The van der Waals surface area contributed by atoms with Gasteiger partial charge in [-0.05, 0) is 44.0 Å². The van der Waals surface area contributed by atoms with E-state index in [9.17, 15) is 14.3 Å². The highest BCUT2D eigenvalue weighted by molar-refractivity contribution is 6.01. The van der Waals surface area contributed by atoms with Crippen molar-refractivity contribution in [3.8, 4) is 0 Å². The van der Waals surface area contributed by atoms with E-state index in [0.29, 0.717) is 0 Å². The molecule has 1 unspecified atom stereocenters. The molecule has 32 heavy (non-hydrogen) atoms. The number of pyridine rings is 1. The van der Waals surface area contributed by atoms with Crippen LogP contribution in [0, 0.1) is 18.6 Å². The number of nitrogens with one attached hydrogen (secondary N) is 2. The third-order valence-corrected chi connectivity index (χ3v) is 6.41. The maximum atomic E-state index is 15.3. The van der Waals surface area contributed by atoms with Crippen molar-refractivity contribution in [1.29, 1.82) is 0 Å². The highest BCUT2D eigenvalue weighted by Crippen LogP contribution is 2.34. The predicted octanol–water partition coefficient (Wildman–Crippen LogP) is 2.99. The number of likely N-dealkylation sites (tertiary alicyclic amines) is 1. The molecule has 4 heterocycles. The van der Waals surface area contributed by atoms with E-state index in [4.69, 9.17) is 0 Å². The Kier molecular flexibility index (Phi) is 5.10. The number of nitrogens with zero attached hydrogens (tertiary/aromatic N) is 3. The number of piperidine rings is 1. The van der Waals surface area contributed by atoms with Crippen LogP contribution in [-0.4, -0.2) is 56.6 Å². The number of hydrogen-bond donors (Lipinski definition) is 3. The summed E-state index contributed by atoms with van der Waals surface area (Å²) < 4.78 is 31.2. The maximum absolute atomic E-state index is 15.3. The SMILES string of the molecule is Cc1ccc(Nc2c(C(=O)N3CC(O)(C4CCCCN4)C3)cn3ccnc3c2F)c(F)c1. The van der Waals surface area contributed by atoms with Gasteiger partial charge in [-0.2, -0.15) is 0 Å². The monoisotopic (exact) mass is 441 g/mol. The first-order chi connectivity index (χ1) is 15.4. The van der Waals surface area contributed by atoms with Crippen molar-refractivity contribution in [3.63, 3.8) is 0 Å². The van der Waals surface area contributed by atoms with Gasteiger partial charge in [0, 0.05) is 24.6 Å². The number of aliphatic hydroxyl groups is 1. The van der Waals surface area contributed by atoms with Gasteiger partial charge >= 0.3 is 0 Å². The second-order valence-corrected chi connectivity index (χ2v) is 8.77. The molecule has 1 amide bonds. The van der Waals surface area contributed by atoms with E-state index in [1.165, 1.54) is 33.8 Å². The van der Waals surface area contributed by atoms with Gasteiger partial charge in [0.25, 0.3) is 5.91 Å². The lowest BCUT2D eigenvalue weighted by molar-refractivity contribution is -0.108. The van der Waals surface area contributed by atoms with E-state index in [1.54, 1.807) is 19.2 Å². The highest BCUT2D eigenvalue weighted by Gasteiger charge is 2.49. The minimum atomic E-state index is -0.996. The van der Waals surface area contributed by atoms with Gasteiger partial charge in [-0.25, -0.2) is 13.8 Å². The minimum absolute atomic E-state index is 0.0306. The van der Waals surface area contributed by atoms with Gasteiger partial charge in [0.2, 0.25) is 0 Å². The number of carbonyl (C=O) groups is 1. The van der Waals surface area contributed by atoms with Crippen LogP contribution < -0.4 is 10.6 Å². The Labute approximate surface area is 184 Å². The average molecular weight is 441 g/mol. The Balaban J connectivity index is 1.46. The Morgan fingerprint density at radius 3 is 2.84 bits per heavy atom. The van der Waals surface area contributed by atoms with Crippen molar-refractivity contribution in [3.05, 3.63) is 59.6 Å². The molecule has 1 aromatic carbocycles. The number of β-amino-alcohol motifs (C(OH)–C–C–N with tert-alkyl or cyclic N) is 1. The fourth-order valence-corrected chi connectivity index (χ4v) is 4.62. The van der Waals surface area contributed by atoms with Crippen molar-refractivity contribution in [2.45, 2.75) is 37.8 Å². The summed E-state index contributed by atoms with van der Waals surface area (Å²) in [5.41, 5.74) is -0.266. The predicted molar refractivity (Wildman–Crippen MR) is 116 cm³/mol. The molecule has 2 aliphatic heterocycles. The van der Waals surface area contributed by atoms with E-state index < -0.39 is 23.1 Å². The first kappa shape index (κ1) is 20.8. The number of aromatic nitrogens is 2. The van der Waals surface area contributed by atoms with Crippen molar-refractivity contribution in [1.82, 2.24) is 19.6 Å². The van der Waals surface area contributed by atoms with Gasteiger partial charge in [0.1, 0.15) is 11.4 Å². The number of benzene rings is 1. The number of halogens is 2. The highest BCUT2D eigenvalue weighted by atomic mass is 19.1. The van der Waals surface area contributed by atoms with Crippen molar-refractivity contribution in [2.75, 3.05) is 25.0 Å². The number of rotatable bonds is 4. The Bertz CT molecular complexity index is 1180. The lowest BCUT2D eigenvalue weighted by Gasteiger charge is -2.51. The smallest absolute Gasteiger partial charge is 0.257 e. The molecule has 0 aliphatic carbocycles. The Morgan fingerprint density at radius 1 is 1.31 bits per heavy atom. The number of hydrogen-bond acceptors (Lipinski definition) is 5. The second kappa shape index (κ2) is 7.83. The summed E-state index contributed by atoms with van der Waals surface area (Å²) in [6, 6.07) is 4.48.